The normalized spacial score (nSPS) is 10.7. The van der Waals surface area contributed by atoms with Gasteiger partial charge in [0.05, 0.1) is 12.6 Å². The van der Waals surface area contributed by atoms with Crippen molar-refractivity contribution in [2.45, 2.75) is 13.8 Å². The van der Waals surface area contributed by atoms with E-state index in [1.54, 1.807) is 18.7 Å². The van der Waals surface area contributed by atoms with Crippen molar-refractivity contribution in [2.75, 3.05) is 7.11 Å². The van der Waals surface area contributed by atoms with E-state index in [4.69, 9.17) is 4.74 Å². The second kappa shape index (κ2) is 4.33. The van der Waals surface area contributed by atoms with E-state index in [-0.39, 0.29) is 5.56 Å². The summed E-state index contributed by atoms with van der Waals surface area (Å²) in [4.78, 5) is 12.0. The number of benzene rings is 1. The predicted molar refractivity (Wildman–Crippen MR) is 75.2 cm³/mol. The first-order valence-corrected chi connectivity index (χ1v) is 5.80. The number of pyridine rings is 1. The first-order valence-electron chi connectivity index (χ1n) is 5.80. The van der Waals surface area contributed by atoms with Crippen molar-refractivity contribution in [1.82, 2.24) is 4.57 Å². The Morgan fingerprint density at radius 3 is 2.56 bits per heavy atom. The smallest absolute Gasteiger partial charge is 0.253 e. The third kappa shape index (κ3) is 1.82. The average molecular weight is 243 g/mol. The van der Waals surface area contributed by atoms with Crippen molar-refractivity contribution in [2.24, 2.45) is 7.05 Å². The highest BCUT2D eigenvalue weighted by Crippen LogP contribution is 2.29. The lowest BCUT2D eigenvalue weighted by atomic mass is 10.0. The second-order valence-electron chi connectivity index (χ2n) is 4.58. The fourth-order valence-electron chi connectivity index (χ4n) is 2.10. The Labute approximate surface area is 106 Å². The zero-order chi connectivity index (χ0) is 13.4. The molecule has 0 spiro atoms. The van der Waals surface area contributed by atoms with Gasteiger partial charge in [-0.1, -0.05) is 12.2 Å². The van der Waals surface area contributed by atoms with Crippen molar-refractivity contribution in [3.8, 4) is 5.75 Å². The van der Waals surface area contributed by atoms with Crippen LogP contribution in [0.2, 0.25) is 0 Å². The van der Waals surface area contributed by atoms with Gasteiger partial charge >= 0.3 is 0 Å². The summed E-state index contributed by atoms with van der Waals surface area (Å²) in [6.45, 7) is 7.69. The van der Waals surface area contributed by atoms with Crippen LogP contribution in [0.25, 0.3) is 16.5 Å². The van der Waals surface area contributed by atoms with Crippen molar-refractivity contribution >= 4 is 16.5 Å². The minimum Gasteiger partial charge on any atom is -0.496 e. The Kier molecular flexibility index (Phi) is 2.99. The molecule has 2 aromatic rings. The van der Waals surface area contributed by atoms with E-state index in [2.05, 4.69) is 6.58 Å². The quantitative estimate of drug-likeness (QED) is 0.812. The minimum atomic E-state index is 0.0171. The summed E-state index contributed by atoms with van der Waals surface area (Å²) >= 11 is 0. The molecule has 3 heteroatoms. The third-order valence-electron chi connectivity index (χ3n) is 3.20. The molecule has 0 fully saturated rings. The van der Waals surface area contributed by atoms with Gasteiger partial charge in [0.2, 0.25) is 0 Å². The number of hydrogen-bond donors (Lipinski definition) is 0. The molecule has 0 amide bonds. The predicted octanol–water partition coefficient (Wildman–Crippen LogP) is 2.89. The summed E-state index contributed by atoms with van der Waals surface area (Å²) in [6.07, 6.45) is 0. The van der Waals surface area contributed by atoms with Crippen LogP contribution in [0.1, 0.15) is 18.1 Å². The molecule has 0 aliphatic heterocycles. The molecule has 2 rings (SSSR count). The third-order valence-corrected chi connectivity index (χ3v) is 3.20. The van der Waals surface area contributed by atoms with Crippen LogP contribution in [0.5, 0.6) is 5.75 Å². The Morgan fingerprint density at radius 1 is 1.33 bits per heavy atom. The van der Waals surface area contributed by atoms with Gasteiger partial charge in [-0.3, -0.25) is 4.79 Å². The largest absolute Gasteiger partial charge is 0.496 e. The van der Waals surface area contributed by atoms with Crippen molar-refractivity contribution < 1.29 is 4.74 Å². The molecule has 0 radical (unpaired) electrons. The van der Waals surface area contributed by atoms with Crippen LogP contribution in [-0.2, 0) is 7.05 Å². The maximum Gasteiger partial charge on any atom is 0.253 e. The van der Waals surface area contributed by atoms with Crippen LogP contribution in [0.4, 0.5) is 0 Å². The molecule has 0 saturated carbocycles. The molecule has 18 heavy (non-hydrogen) atoms. The topological polar surface area (TPSA) is 31.2 Å². The van der Waals surface area contributed by atoms with E-state index in [9.17, 15) is 4.79 Å². The van der Waals surface area contributed by atoms with Crippen LogP contribution in [0, 0.1) is 6.92 Å². The average Bonchev–Trinajstić information content (AvgIpc) is 2.35. The van der Waals surface area contributed by atoms with Gasteiger partial charge < -0.3 is 9.30 Å². The first-order chi connectivity index (χ1) is 8.45. The number of hydrogen-bond acceptors (Lipinski definition) is 2. The molecule has 3 nitrogen and oxygen atoms in total. The number of aryl methyl sites for hydroxylation is 2. The summed E-state index contributed by atoms with van der Waals surface area (Å²) in [6, 6.07) is 5.80. The molecular formula is C15H17NO2. The van der Waals surface area contributed by atoms with Crippen LogP contribution in [0.3, 0.4) is 0 Å². The number of fused-ring (bicyclic) bond motifs is 1. The standard InChI is InChI=1S/C15H17NO2/c1-9(2)11-7-13-12(14(8-11)18-5)6-10(3)15(17)16(13)4/h6-8H,1H2,2-5H3. The van der Waals surface area contributed by atoms with Crippen LogP contribution < -0.4 is 10.3 Å². The van der Waals surface area contributed by atoms with Crippen LogP contribution in [0.15, 0.2) is 29.6 Å². The summed E-state index contributed by atoms with van der Waals surface area (Å²) in [5.74, 6) is 0.768. The number of nitrogens with zero attached hydrogens (tertiary/aromatic N) is 1. The lowest BCUT2D eigenvalue weighted by molar-refractivity contribution is 0.419. The molecule has 0 bridgehead atoms. The molecule has 0 aliphatic rings. The van der Waals surface area contributed by atoms with Crippen molar-refractivity contribution in [3.05, 3.63) is 46.3 Å². The van der Waals surface area contributed by atoms with E-state index in [1.807, 2.05) is 32.0 Å². The van der Waals surface area contributed by atoms with Gasteiger partial charge in [0.25, 0.3) is 5.56 Å². The van der Waals surface area contributed by atoms with E-state index in [0.29, 0.717) is 5.56 Å². The molecule has 1 aromatic carbocycles. The van der Waals surface area contributed by atoms with Gasteiger partial charge in [-0.15, -0.1) is 0 Å². The maximum absolute atomic E-state index is 12.0. The molecule has 0 aliphatic carbocycles. The number of aromatic nitrogens is 1. The Balaban J connectivity index is 2.97. The lowest BCUT2D eigenvalue weighted by Gasteiger charge is -2.13. The van der Waals surface area contributed by atoms with E-state index in [0.717, 1.165) is 27.8 Å². The summed E-state index contributed by atoms with van der Waals surface area (Å²) in [5.41, 5.74) is 3.53. The molecular weight excluding hydrogens is 226 g/mol. The fraction of sp³-hybridized carbons (Fsp3) is 0.267. The first kappa shape index (κ1) is 12.4. The highest BCUT2D eigenvalue weighted by molar-refractivity contribution is 5.89. The van der Waals surface area contributed by atoms with Gasteiger partial charge in [0, 0.05) is 18.0 Å². The zero-order valence-corrected chi connectivity index (χ0v) is 11.2. The van der Waals surface area contributed by atoms with Gasteiger partial charge in [-0.05, 0) is 37.6 Å². The summed E-state index contributed by atoms with van der Waals surface area (Å²) in [5, 5.41) is 0.946. The zero-order valence-electron chi connectivity index (χ0n) is 11.2. The fourth-order valence-corrected chi connectivity index (χ4v) is 2.10. The van der Waals surface area contributed by atoms with Gasteiger partial charge in [-0.2, -0.15) is 0 Å². The molecule has 1 aromatic heterocycles. The number of methoxy groups -OCH3 is 1. The van der Waals surface area contributed by atoms with Gasteiger partial charge in [0.1, 0.15) is 5.75 Å². The SMILES string of the molecule is C=C(C)c1cc(OC)c2cc(C)c(=O)n(C)c2c1. The molecule has 0 atom stereocenters. The molecule has 1 heterocycles. The maximum atomic E-state index is 12.0. The second-order valence-corrected chi connectivity index (χ2v) is 4.58. The van der Waals surface area contributed by atoms with Gasteiger partial charge in [0.15, 0.2) is 0 Å². The van der Waals surface area contributed by atoms with Crippen molar-refractivity contribution in [1.29, 1.82) is 0 Å². The molecule has 0 N–H and O–H groups in total. The molecule has 0 unspecified atom stereocenters. The summed E-state index contributed by atoms with van der Waals surface area (Å²) < 4.78 is 7.06. The lowest BCUT2D eigenvalue weighted by Crippen LogP contribution is -2.19. The van der Waals surface area contributed by atoms with Gasteiger partial charge in [-0.25, -0.2) is 0 Å². The Morgan fingerprint density at radius 2 is 2.00 bits per heavy atom. The van der Waals surface area contributed by atoms with E-state index in [1.165, 1.54) is 0 Å². The minimum absolute atomic E-state index is 0.0171. The number of rotatable bonds is 2. The van der Waals surface area contributed by atoms with Crippen LogP contribution >= 0.6 is 0 Å². The summed E-state index contributed by atoms with van der Waals surface area (Å²) in [7, 11) is 3.41. The molecule has 94 valence electrons. The number of ether oxygens (including phenoxy) is 1. The highest BCUT2D eigenvalue weighted by atomic mass is 16.5. The monoisotopic (exact) mass is 243 g/mol. The molecule has 0 saturated heterocycles. The Bertz CT molecular complexity index is 696. The Hall–Kier alpha value is -2.03. The van der Waals surface area contributed by atoms with E-state index >= 15 is 0 Å². The van der Waals surface area contributed by atoms with Crippen molar-refractivity contribution in [3.63, 3.8) is 0 Å². The number of allylic oxidation sites excluding steroid dienone is 1. The highest BCUT2D eigenvalue weighted by Gasteiger charge is 2.10. The van der Waals surface area contributed by atoms with E-state index < -0.39 is 0 Å². The van der Waals surface area contributed by atoms with Crippen LogP contribution in [-0.4, -0.2) is 11.7 Å².